The SMILES string of the molecule is COc1ccccc1-c1c(N)nc(=O)[nH]c1C. The van der Waals surface area contributed by atoms with E-state index in [0.717, 1.165) is 5.56 Å². The van der Waals surface area contributed by atoms with Gasteiger partial charge in [0.15, 0.2) is 0 Å². The summed E-state index contributed by atoms with van der Waals surface area (Å²) < 4.78 is 5.26. The van der Waals surface area contributed by atoms with Crippen LogP contribution >= 0.6 is 0 Å². The number of methoxy groups -OCH3 is 1. The summed E-state index contributed by atoms with van der Waals surface area (Å²) in [6.45, 7) is 1.78. The van der Waals surface area contributed by atoms with Crippen LogP contribution in [0.5, 0.6) is 5.75 Å². The van der Waals surface area contributed by atoms with E-state index in [1.807, 2.05) is 24.3 Å². The van der Waals surface area contributed by atoms with Crippen molar-refractivity contribution in [2.45, 2.75) is 6.92 Å². The van der Waals surface area contributed by atoms with Crippen molar-refractivity contribution < 1.29 is 4.74 Å². The predicted octanol–water partition coefficient (Wildman–Crippen LogP) is 1.34. The molecule has 1 aromatic heterocycles. The van der Waals surface area contributed by atoms with Gasteiger partial charge in [0.25, 0.3) is 0 Å². The van der Waals surface area contributed by atoms with Crippen LogP contribution in [-0.4, -0.2) is 17.1 Å². The van der Waals surface area contributed by atoms with E-state index >= 15 is 0 Å². The summed E-state index contributed by atoms with van der Waals surface area (Å²) in [5.74, 6) is 0.895. The number of nitrogens with two attached hydrogens (primary N) is 1. The van der Waals surface area contributed by atoms with Gasteiger partial charge in [0.05, 0.1) is 7.11 Å². The first kappa shape index (κ1) is 11.2. The molecule has 0 aliphatic carbocycles. The quantitative estimate of drug-likeness (QED) is 0.817. The zero-order chi connectivity index (χ0) is 12.4. The van der Waals surface area contributed by atoms with Crippen molar-refractivity contribution in [1.29, 1.82) is 0 Å². The van der Waals surface area contributed by atoms with Gasteiger partial charge >= 0.3 is 5.69 Å². The van der Waals surface area contributed by atoms with Gasteiger partial charge in [-0.3, -0.25) is 0 Å². The number of hydrogen-bond donors (Lipinski definition) is 2. The molecule has 0 saturated heterocycles. The Kier molecular flexibility index (Phi) is 2.82. The minimum atomic E-state index is -0.446. The largest absolute Gasteiger partial charge is 0.496 e. The maximum Gasteiger partial charge on any atom is 0.347 e. The normalized spacial score (nSPS) is 10.2. The molecule has 0 amide bonds. The number of aromatic amines is 1. The fourth-order valence-corrected chi connectivity index (χ4v) is 1.80. The summed E-state index contributed by atoms with van der Waals surface area (Å²) in [6, 6.07) is 7.45. The second-order valence-corrected chi connectivity index (χ2v) is 3.63. The average Bonchev–Trinajstić information content (AvgIpc) is 2.28. The van der Waals surface area contributed by atoms with Crippen molar-refractivity contribution >= 4 is 5.82 Å². The summed E-state index contributed by atoms with van der Waals surface area (Å²) in [5, 5.41) is 0. The first-order chi connectivity index (χ1) is 8.13. The van der Waals surface area contributed by atoms with Gasteiger partial charge in [0.1, 0.15) is 11.6 Å². The van der Waals surface area contributed by atoms with Gasteiger partial charge in [0.2, 0.25) is 0 Å². The van der Waals surface area contributed by atoms with E-state index in [-0.39, 0.29) is 5.82 Å². The highest BCUT2D eigenvalue weighted by molar-refractivity contribution is 5.79. The number of rotatable bonds is 2. The first-order valence-electron chi connectivity index (χ1n) is 5.13. The minimum absolute atomic E-state index is 0.204. The van der Waals surface area contributed by atoms with E-state index in [0.29, 0.717) is 17.0 Å². The number of benzene rings is 1. The van der Waals surface area contributed by atoms with Gasteiger partial charge in [-0.1, -0.05) is 18.2 Å². The molecule has 1 aromatic carbocycles. The molecule has 2 aromatic rings. The van der Waals surface area contributed by atoms with Crippen LogP contribution < -0.4 is 16.2 Å². The van der Waals surface area contributed by atoms with Gasteiger partial charge in [-0.25, -0.2) is 4.79 Å². The van der Waals surface area contributed by atoms with E-state index in [4.69, 9.17) is 10.5 Å². The van der Waals surface area contributed by atoms with Gasteiger partial charge in [0, 0.05) is 16.8 Å². The third-order valence-electron chi connectivity index (χ3n) is 2.52. The number of aryl methyl sites for hydroxylation is 1. The van der Waals surface area contributed by atoms with Crippen LogP contribution in [0.3, 0.4) is 0 Å². The lowest BCUT2D eigenvalue weighted by Gasteiger charge is -2.11. The summed E-state index contributed by atoms with van der Waals surface area (Å²) >= 11 is 0. The number of anilines is 1. The Balaban J connectivity index is 2.72. The van der Waals surface area contributed by atoms with Gasteiger partial charge < -0.3 is 15.5 Å². The Bertz CT molecular complexity index is 579. The molecule has 5 heteroatoms. The van der Waals surface area contributed by atoms with E-state index < -0.39 is 5.69 Å². The highest BCUT2D eigenvalue weighted by Gasteiger charge is 2.13. The van der Waals surface area contributed by atoms with Crippen molar-refractivity contribution in [2.75, 3.05) is 12.8 Å². The highest BCUT2D eigenvalue weighted by atomic mass is 16.5. The van der Waals surface area contributed by atoms with E-state index in [1.54, 1.807) is 14.0 Å². The summed E-state index contributed by atoms with van der Waals surface area (Å²) in [7, 11) is 1.59. The summed E-state index contributed by atoms with van der Waals surface area (Å²) in [4.78, 5) is 17.5. The Morgan fingerprint density at radius 3 is 2.71 bits per heavy atom. The number of hydrogen-bond acceptors (Lipinski definition) is 4. The van der Waals surface area contributed by atoms with E-state index in [9.17, 15) is 4.79 Å². The number of nitrogens with zero attached hydrogens (tertiary/aromatic N) is 1. The van der Waals surface area contributed by atoms with E-state index in [1.165, 1.54) is 0 Å². The lowest BCUT2D eigenvalue weighted by Crippen LogP contribution is -2.15. The molecule has 0 atom stereocenters. The van der Waals surface area contributed by atoms with Crippen molar-refractivity contribution in [2.24, 2.45) is 0 Å². The molecule has 0 radical (unpaired) electrons. The molecule has 0 aliphatic heterocycles. The molecular weight excluding hydrogens is 218 g/mol. The molecule has 0 aliphatic rings. The molecule has 3 N–H and O–H groups in total. The third-order valence-corrected chi connectivity index (χ3v) is 2.52. The molecule has 17 heavy (non-hydrogen) atoms. The van der Waals surface area contributed by atoms with Crippen LogP contribution in [-0.2, 0) is 0 Å². The van der Waals surface area contributed by atoms with Crippen LogP contribution in [0.4, 0.5) is 5.82 Å². The molecular formula is C12H13N3O2. The molecule has 88 valence electrons. The Morgan fingerprint density at radius 2 is 2.06 bits per heavy atom. The lowest BCUT2D eigenvalue weighted by atomic mass is 10.0. The minimum Gasteiger partial charge on any atom is -0.496 e. The maximum absolute atomic E-state index is 11.2. The zero-order valence-electron chi connectivity index (χ0n) is 9.65. The molecule has 0 bridgehead atoms. The third kappa shape index (κ3) is 1.99. The second kappa shape index (κ2) is 4.29. The van der Waals surface area contributed by atoms with Crippen LogP contribution in [0.15, 0.2) is 29.1 Å². The predicted molar refractivity (Wildman–Crippen MR) is 66.0 cm³/mol. The number of ether oxygens (including phenoxy) is 1. The van der Waals surface area contributed by atoms with Crippen LogP contribution in [0, 0.1) is 6.92 Å². The van der Waals surface area contributed by atoms with Gasteiger partial charge in [-0.15, -0.1) is 0 Å². The average molecular weight is 231 g/mol. The molecule has 0 spiro atoms. The topological polar surface area (TPSA) is 81.0 Å². The molecule has 2 rings (SSSR count). The summed E-state index contributed by atoms with van der Waals surface area (Å²) in [5.41, 5.74) is 7.53. The fraction of sp³-hybridized carbons (Fsp3) is 0.167. The number of nitrogens with one attached hydrogen (secondary N) is 1. The molecule has 5 nitrogen and oxygen atoms in total. The Hall–Kier alpha value is -2.30. The first-order valence-corrected chi connectivity index (χ1v) is 5.13. The monoisotopic (exact) mass is 231 g/mol. The number of para-hydroxylation sites is 1. The van der Waals surface area contributed by atoms with Crippen LogP contribution in [0.2, 0.25) is 0 Å². The molecule has 1 heterocycles. The zero-order valence-corrected chi connectivity index (χ0v) is 9.65. The van der Waals surface area contributed by atoms with Crippen molar-refractivity contribution in [3.8, 4) is 16.9 Å². The Labute approximate surface area is 98.3 Å². The molecule has 0 saturated carbocycles. The van der Waals surface area contributed by atoms with Crippen molar-refractivity contribution in [3.63, 3.8) is 0 Å². The Morgan fingerprint density at radius 1 is 1.35 bits per heavy atom. The van der Waals surface area contributed by atoms with Gasteiger partial charge in [-0.05, 0) is 13.0 Å². The molecule has 0 fully saturated rings. The fourth-order valence-electron chi connectivity index (χ4n) is 1.80. The standard InChI is InChI=1S/C12H13N3O2/c1-7-10(11(13)15-12(16)14-7)8-5-3-4-6-9(8)17-2/h3-6H,1-2H3,(H3,13,14,15,16). The van der Waals surface area contributed by atoms with Crippen molar-refractivity contribution in [1.82, 2.24) is 9.97 Å². The smallest absolute Gasteiger partial charge is 0.347 e. The summed E-state index contributed by atoms with van der Waals surface area (Å²) in [6.07, 6.45) is 0. The number of nitrogen functional groups attached to an aromatic ring is 1. The maximum atomic E-state index is 11.2. The number of H-pyrrole nitrogens is 1. The highest BCUT2D eigenvalue weighted by Crippen LogP contribution is 2.33. The second-order valence-electron chi connectivity index (χ2n) is 3.63. The lowest BCUT2D eigenvalue weighted by molar-refractivity contribution is 0.416. The van der Waals surface area contributed by atoms with Gasteiger partial charge in [-0.2, -0.15) is 4.98 Å². The van der Waals surface area contributed by atoms with Crippen LogP contribution in [0.25, 0.3) is 11.1 Å². The molecule has 0 unspecified atom stereocenters. The number of aromatic nitrogens is 2. The van der Waals surface area contributed by atoms with Crippen LogP contribution in [0.1, 0.15) is 5.69 Å². The van der Waals surface area contributed by atoms with E-state index in [2.05, 4.69) is 9.97 Å². The van der Waals surface area contributed by atoms with Crippen molar-refractivity contribution in [3.05, 3.63) is 40.4 Å².